The van der Waals surface area contributed by atoms with Gasteiger partial charge in [0.15, 0.2) is 5.13 Å². The fourth-order valence-electron chi connectivity index (χ4n) is 2.54. The molecule has 28 heavy (non-hydrogen) atoms. The number of hydrogen-bond donors (Lipinski definition) is 1. The van der Waals surface area contributed by atoms with Crippen LogP contribution in [0.5, 0.6) is 5.75 Å². The topological polar surface area (TPSA) is 94.8 Å². The van der Waals surface area contributed by atoms with Crippen molar-refractivity contribution in [3.05, 3.63) is 66.3 Å². The number of carbonyl (C=O) groups excluding carboxylic acids is 1. The van der Waals surface area contributed by atoms with E-state index in [1.54, 1.807) is 29.4 Å². The molecule has 0 atom stereocenters. The second-order valence-electron chi connectivity index (χ2n) is 5.64. The van der Waals surface area contributed by atoms with Crippen LogP contribution in [0.3, 0.4) is 0 Å². The van der Waals surface area contributed by atoms with Gasteiger partial charge in [-0.1, -0.05) is 6.07 Å². The third-order valence-electron chi connectivity index (χ3n) is 3.80. The molecular weight excluding hydrogens is 376 g/mol. The molecule has 0 aromatic carbocycles. The summed E-state index contributed by atoms with van der Waals surface area (Å²) in [5, 5.41) is 5.12. The molecule has 8 nitrogen and oxygen atoms in total. The SMILES string of the molecule is CCOc1ccc(-c2csc(NC(=O)c3cncn3-c3ccccn3)n2)nc1. The van der Waals surface area contributed by atoms with Crippen molar-refractivity contribution in [3.63, 3.8) is 0 Å². The van der Waals surface area contributed by atoms with Gasteiger partial charge in [0.1, 0.15) is 29.3 Å². The van der Waals surface area contributed by atoms with Crippen LogP contribution in [0, 0.1) is 0 Å². The largest absolute Gasteiger partial charge is 0.492 e. The lowest BCUT2D eigenvalue weighted by Gasteiger charge is -2.06. The smallest absolute Gasteiger partial charge is 0.276 e. The van der Waals surface area contributed by atoms with Gasteiger partial charge >= 0.3 is 0 Å². The maximum atomic E-state index is 12.7. The van der Waals surface area contributed by atoms with Gasteiger partial charge in [0, 0.05) is 11.6 Å². The van der Waals surface area contributed by atoms with Gasteiger partial charge < -0.3 is 4.74 Å². The van der Waals surface area contributed by atoms with Gasteiger partial charge in [0.05, 0.1) is 24.7 Å². The Bertz CT molecular complexity index is 1080. The fraction of sp³-hybridized carbons (Fsp3) is 0.105. The third kappa shape index (κ3) is 3.74. The molecule has 0 aliphatic heterocycles. The summed E-state index contributed by atoms with van der Waals surface area (Å²) in [6.45, 7) is 2.51. The molecular formula is C19H16N6O2S. The van der Waals surface area contributed by atoms with Gasteiger partial charge in [-0.3, -0.25) is 19.7 Å². The zero-order valence-electron chi connectivity index (χ0n) is 14.9. The zero-order chi connectivity index (χ0) is 19.3. The minimum absolute atomic E-state index is 0.316. The van der Waals surface area contributed by atoms with Crippen molar-refractivity contribution in [2.24, 2.45) is 0 Å². The summed E-state index contributed by atoms with van der Waals surface area (Å²) >= 11 is 1.33. The van der Waals surface area contributed by atoms with Crippen molar-refractivity contribution in [1.29, 1.82) is 0 Å². The van der Waals surface area contributed by atoms with Crippen molar-refractivity contribution < 1.29 is 9.53 Å². The summed E-state index contributed by atoms with van der Waals surface area (Å²) in [6, 6.07) is 9.14. The van der Waals surface area contributed by atoms with E-state index in [0.29, 0.717) is 40.4 Å². The van der Waals surface area contributed by atoms with E-state index in [-0.39, 0.29) is 5.91 Å². The second-order valence-corrected chi connectivity index (χ2v) is 6.50. The van der Waals surface area contributed by atoms with Crippen LogP contribution in [0.1, 0.15) is 17.4 Å². The van der Waals surface area contributed by atoms with Gasteiger partial charge in [0.2, 0.25) is 0 Å². The molecule has 140 valence electrons. The molecule has 0 saturated heterocycles. The number of aromatic nitrogens is 5. The summed E-state index contributed by atoms with van der Waals surface area (Å²) in [5.41, 5.74) is 1.76. The third-order valence-corrected chi connectivity index (χ3v) is 4.56. The Hall–Kier alpha value is -3.59. The second kappa shape index (κ2) is 7.97. The molecule has 0 unspecified atom stereocenters. The molecule has 0 radical (unpaired) electrons. The van der Waals surface area contributed by atoms with Crippen molar-refractivity contribution in [2.75, 3.05) is 11.9 Å². The summed E-state index contributed by atoms with van der Waals surface area (Å²) in [5.74, 6) is 1.00. The standard InChI is InChI=1S/C19H16N6O2S/c1-2-27-13-6-7-14(22-9-13)15-11-28-19(23-15)24-18(26)16-10-20-12-25(16)17-5-3-4-8-21-17/h3-12H,2H2,1H3,(H,23,24,26). The van der Waals surface area contributed by atoms with E-state index in [0.717, 1.165) is 0 Å². The highest BCUT2D eigenvalue weighted by atomic mass is 32.1. The summed E-state index contributed by atoms with van der Waals surface area (Å²) in [4.78, 5) is 29.8. The molecule has 9 heteroatoms. The Labute approximate surface area is 164 Å². The van der Waals surface area contributed by atoms with E-state index >= 15 is 0 Å². The van der Waals surface area contributed by atoms with Crippen LogP contribution in [-0.4, -0.2) is 37.0 Å². The molecule has 0 saturated carbocycles. The first-order valence-corrected chi connectivity index (χ1v) is 9.42. The number of thiazole rings is 1. The Kier molecular flexibility index (Phi) is 5.07. The number of imidazole rings is 1. The Morgan fingerprint density at radius 3 is 2.86 bits per heavy atom. The lowest BCUT2D eigenvalue weighted by molar-refractivity contribution is 0.102. The number of pyridine rings is 2. The van der Waals surface area contributed by atoms with Gasteiger partial charge in [-0.05, 0) is 31.2 Å². The van der Waals surface area contributed by atoms with E-state index in [2.05, 4.69) is 25.3 Å². The maximum absolute atomic E-state index is 12.7. The Morgan fingerprint density at radius 1 is 1.18 bits per heavy atom. The van der Waals surface area contributed by atoms with Gasteiger partial charge in [-0.15, -0.1) is 11.3 Å². The van der Waals surface area contributed by atoms with Crippen LogP contribution in [0.15, 0.2) is 60.6 Å². The minimum atomic E-state index is -0.316. The highest BCUT2D eigenvalue weighted by Crippen LogP contribution is 2.25. The fourth-order valence-corrected chi connectivity index (χ4v) is 3.24. The monoisotopic (exact) mass is 392 g/mol. The van der Waals surface area contributed by atoms with E-state index in [9.17, 15) is 4.79 Å². The molecule has 1 N–H and O–H groups in total. The van der Waals surface area contributed by atoms with E-state index in [4.69, 9.17) is 4.74 Å². The normalized spacial score (nSPS) is 10.6. The lowest BCUT2D eigenvalue weighted by Crippen LogP contribution is -2.16. The number of anilines is 1. The minimum Gasteiger partial charge on any atom is -0.492 e. The van der Waals surface area contributed by atoms with Crippen LogP contribution in [0.2, 0.25) is 0 Å². The Balaban J connectivity index is 1.50. The zero-order valence-corrected chi connectivity index (χ0v) is 15.8. The van der Waals surface area contributed by atoms with E-state index in [1.807, 2.05) is 36.6 Å². The average molecular weight is 392 g/mol. The quantitative estimate of drug-likeness (QED) is 0.540. The molecule has 1 amide bonds. The summed E-state index contributed by atoms with van der Waals surface area (Å²) in [7, 11) is 0. The maximum Gasteiger partial charge on any atom is 0.276 e. The number of rotatable bonds is 6. The van der Waals surface area contributed by atoms with Crippen LogP contribution in [-0.2, 0) is 0 Å². The number of carbonyl (C=O) groups is 1. The lowest BCUT2D eigenvalue weighted by atomic mass is 10.3. The Morgan fingerprint density at radius 2 is 2.11 bits per heavy atom. The first-order valence-electron chi connectivity index (χ1n) is 8.54. The van der Waals surface area contributed by atoms with E-state index < -0.39 is 0 Å². The van der Waals surface area contributed by atoms with Crippen LogP contribution >= 0.6 is 11.3 Å². The molecule has 0 aliphatic carbocycles. The first kappa shape index (κ1) is 17.8. The van der Waals surface area contributed by atoms with Gasteiger partial charge in [-0.2, -0.15) is 0 Å². The van der Waals surface area contributed by atoms with Crippen LogP contribution < -0.4 is 10.1 Å². The molecule has 0 bridgehead atoms. The van der Waals surface area contributed by atoms with Crippen LogP contribution in [0.4, 0.5) is 5.13 Å². The van der Waals surface area contributed by atoms with Crippen molar-refractivity contribution in [1.82, 2.24) is 24.5 Å². The molecule has 4 aromatic rings. The van der Waals surface area contributed by atoms with Gasteiger partial charge in [0.25, 0.3) is 5.91 Å². The highest BCUT2D eigenvalue weighted by Gasteiger charge is 2.16. The number of hydrogen-bond acceptors (Lipinski definition) is 7. The molecule has 4 rings (SSSR count). The molecule has 4 heterocycles. The molecule has 0 fully saturated rings. The van der Waals surface area contributed by atoms with Gasteiger partial charge in [-0.25, -0.2) is 15.0 Å². The van der Waals surface area contributed by atoms with Crippen molar-refractivity contribution in [3.8, 4) is 23.0 Å². The summed E-state index contributed by atoms with van der Waals surface area (Å²) in [6.07, 6.45) is 6.36. The van der Waals surface area contributed by atoms with Crippen molar-refractivity contribution in [2.45, 2.75) is 6.92 Å². The highest BCUT2D eigenvalue weighted by molar-refractivity contribution is 7.14. The predicted octanol–water partition coefficient (Wildman–Crippen LogP) is 3.44. The number of nitrogens with zero attached hydrogens (tertiary/aromatic N) is 5. The molecule has 0 aliphatic rings. The number of nitrogens with one attached hydrogen (secondary N) is 1. The van der Waals surface area contributed by atoms with Crippen molar-refractivity contribution >= 4 is 22.4 Å². The number of amides is 1. The average Bonchev–Trinajstić information content (AvgIpc) is 3.39. The predicted molar refractivity (Wildman–Crippen MR) is 106 cm³/mol. The molecule has 4 aromatic heterocycles. The number of ether oxygens (including phenoxy) is 1. The van der Waals surface area contributed by atoms with E-state index in [1.165, 1.54) is 17.5 Å². The van der Waals surface area contributed by atoms with Crippen LogP contribution in [0.25, 0.3) is 17.2 Å². The molecule has 0 spiro atoms. The summed E-state index contributed by atoms with van der Waals surface area (Å²) < 4.78 is 7.02. The first-order chi connectivity index (χ1) is 13.7.